The summed E-state index contributed by atoms with van der Waals surface area (Å²) < 4.78 is 5.21. The molecule has 0 aliphatic carbocycles. The molecule has 8 heteroatoms. The summed E-state index contributed by atoms with van der Waals surface area (Å²) in [6, 6.07) is 24.7. The van der Waals surface area contributed by atoms with E-state index in [0.29, 0.717) is 40.5 Å². The van der Waals surface area contributed by atoms with Crippen molar-refractivity contribution in [2.75, 3.05) is 22.5 Å². The lowest BCUT2D eigenvalue weighted by Crippen LogP contribution is -2.23. The van der Waals surface area contributed by atoms with Crippen LogP contribution in [0.4, 0.5) is 17.1 Å². The maximum Gasteiger partial charge on any atom is 0.255 e. The second-order valence-corrected chi connectivity index (χ2v) is 8.15. The van der Waals surface area contributed by atoms with E-state index in [2.05, 4.69) is 21.3 Å². The number of hydrogen-bond acceptors (Lipinski definition) is 5. The highest BCUT2D eigenvalue weighted by Crippen LogP contribution is 2.16. The molecule has 0 aliphatic rings. The molecule has 4 aromatic rings. The van der Waals surface area contributed by atoms with Crippen molar-refractivity contribution in [3.8, 4) is 0 Å². The van der Waals surface area contributed by atoms with Crippen molar-refractivity contribution >= 4 is 34.8 Å². The number of carbonyl (C=O) groups is 3. The molecule has 0 radical (unpaired) electrons. The summed E-state index contributed by atoms with van der Waals surface area (Å²) in [5.41, 5.74) is 3.92. The smallest absolute Gasteiger partial charge is 0.255 e. The summed E-state index contributed by atoms with van der Waals surface area (Å²) >= 11 is 0. The normalized spacial score (nSPS) is 10.4. The summed E-state index contributed by atoms with van der Waals surface area (Å²) in [7, 11) is 0. The molecule has 1 aromatic heterocycles. The molecule has 8 nitrogen and oxygen atoms in total. The zero-order valence-corrected chi connectivity index (χ0v) is 19.7. The lowest BCUT2D eigenvalue weighted by Gasteiger charge is -2.10. The molecule has 0 fully saturated rings. The van der Waals surface area contributed by atoms with Crippen LogP contribution in [0.3, 0.4) is 0 Å². The summed E-state index contributed by atoms with van der Waals surface area (Å²) in [6.45, 7) is 2.24. The molecule has 1 heterocycles. The molecule has 3 aromatic carbocycles. The minimum atomic E-state index is -0.251. The fourth-order valence-electron chi connectivity index (χ4n) is 3.47. The van der Waals surface area contributed by atoms with Gasteiger partial charge in [0.25, 0.3) is 11.8 Å². The predicted octanol–water partition coefficient (Wildman–Crippen LogP) is 4.82. The Morgan fingerprint density at radius 3 is 2.11 bits per heavy atom. The third-order valence-electron chi connectivity index (χ3n) is 5.29. The highest BCUT2D eigenvalue weighted by Gasteiger charge is 2.09. The van der Waals surface area contributed by atoms with Crippen molar-refractivity contribution in [3.63, 3.8) is 0 Å². The first-order valence-electron chi connectivity index (χ1n) is 11.4. The van der Waals surface area contributed by atoms with Crippen LogP contribution in [0.2, 0.25) is 0 Å². The van der Waals surface area contributed by atoms with Gasteiger partial charge in [-0.2, -0.15) is 0 Å². The number of benzene rings is 3. The van der Waals surface area contributed by atoms with E-state index in [4.69, 9.17) is 4.42 Å². The minimum absolute atomic E-state index is 0.0172. The van der Waals surface area contributed by atoms with Crippen LogP contribution in [0.1, 0.15) is 32.0 Å². The van der Waals surface area contributed by atoms with Crippen molar-refractivity contribution < 1.29 is 18.8 Å². The number of nitrogens with one attached hydrogen (secondary N) is 4. The quantitative estimate of drug-likeness (QED) is 0.273. The van der Waals surface area contributed by atoms with Gasteiger partial charge < -0.3 is 25.7 Å². The number of rotatable bonds is 9. The Labute approximate surface area is 208 Å². The van der Waals surface area contributed by atoms with Gasteiger partial charge in [-0.15, -0.1) is 0 Å². The number of amides is 3. The Morgan fingerprint density at radius 2 is 1.42 bits per heavy atom. The lowest BCUT2D eigenvalue weighted by molar-refractivity contribution is -0.114. The second kappa shape index (κ2) is 11.5. The zero-order valence-electron chi connectivity index (χ0n) is 19.7. The van der Waals surface area contributed by atoms with Crippen LogP contribution in [0.15, 0.2) is 95.6 Å². The summed E-state index contributed by atoms with van der Waals surface area (Å²) in [5.74, 6) is -0.0270. The Bertz CT molecular complexity index is 1350. The van der Waals surface area contributed by atoms with E-state index in [1.807, 2.05) is 25.1 Å². The van der Waals surface area contributed by atoms with E-state index >= 15 is 0 Å². The molecule has 0 spiro atoms. The number of hydrogen-bond donors (Lipinski definition) is 4. The van der Waals surface area contributed by atoms with E-state index < -0.39 is 0 Å². The van der Waals surface area contributed by atoms with Gasteiger partial charge in [0.1, 0.15) is 5.76 Å². The highest BCUT2D eigenvalue weighted by molar-refractivity contribution is 6.04. The minimum Gasteiger partial charge on any atom is -0.467 e. The molecule has 0 aliphatic heterocycles. The van der Waals surface area contributed by atoms with Crippen LogP contribution in [0.25, 0.3) is 0 Å². The van der Waals surface area contributed by atoms with Gasteiger partial charge in [0.05, 0.1) is 19.4 Å². The Morgan fingerprint density at radius 1 is 0.722 bits per heavy atom. The molecule has 4 N–H and O–H groups in total. The molecule has 3 amide bonds. The van der Waals surface area contributed by atoms with Crippen molar-refractivity contribution in [2.24, 2.45) is 0 Å². The number of aryl methyl sites for hydroxylation is 1. The Balaban J connectivity index is 1.25. The third kappa shape index (κ3) is 6.83. The summed E-state index contributed by atoms with van der Waals surface area (Å²) in [4.78, 5) is 37.1. The zero-order chi connectivity index (χ0) is 25.3. The van der Waals surface area contributed by atoms with Crippen molar-refractivity contribution in [1.29, 1.82) is 0 Å². The van der Waals surface area contributed by atoms with Gasteiger partial charge in [-0.1, -0.05) is 23.8 Å². The predicted molar refractivity (Wildman–Crippen MR) is 139 cm³/mol. The van der Waals surface area contributed by atoms with Gasteiger partial charge in [0, 0.05) is 28.2 Å². The fraction of sp³-hybridized carbons (Fsp3) is 0.107. The molecule has 0 bridgehead atoms. The molecular weight excluding hydrogens is 456 g/mol. The number of carbonyl (C=O) groups excluding carboxylic acids is 3. The third-order valence-corrected chi connectivity index (χ3v) is 5.29. The van der Waals surface area contributed by atoms with Gasteiger partial charge in [0.2, 0.25) is 5.91 Å². The molecule has 0 saturated carbocycles. The van der Waals surface area contributed by atoms with Gasteiger partial charge in [-0.3, -0.25) is 14.4 Å². The van der Waals surface area contributed by atoms with Gasteiger partial charge in [-0.05, 0) is 73.7 Å². The van der Waals surface area contributed by atoms with E-state index in [0.717, 1.165) is 5.56 Å². The molecular formula is C28H26N4O4. The first-order chi connectivity index (χ1) is 17.5. The van der Waals surface area contributed by atoms with E-state index in [1.165, 1.54) is 0 Å². The van der Waals surface area contributed by atoms with E-state index in [1.54, 1.807) is 73.0 Å². The fourth-order valence-corrected chi connectivity index (χ4v) is 3.47. The van der Waals surface area contributed by atoms with Crippen LogP contribution in [-0.4, -0.2) is 24.3 Å². The SMILES string of the molecule is Cc1cccc(C(=O)Nc2ccc(NC(=O)CNc3cccc(C(=O)NCc4ccco4)c3)cc2)c1. The maximum absolute atomic E-state index is 12.4. The molecule has 4 rings (SSSR count). The summed E-state index contributed by atoms with van der Waals surface area (Å²) in [6.07, 6.45) is 1.55. The molecule has 0 saturated heterocycles. The first-order valence-corrected chi connectivity index (χ1v) is 11.4. The van der Waals surface area contributed by atoms with Crippen molar-refractivity contribution in [3.05, 3.63) is 114 Å². The Hall–Kier alpha value is -4.85. The van der Waals surface area contributed by atoms with Gasteiger partial charge >= 0.3 is 0 Å². The molecule has 0 unspecified atom stereocenters. The largest absolute Gasteiger partial charge is 0.467 e. The molecule has 182 valence electrons. The van der Waals surface area contributed by atoms with Crippen LogP contribution < -0.4 is 21.3 Å². The van der Waals surface area contributed by atoms with Crippen LogP contribution in [-0.2, 0) is 11.3 Å². The first kappa shape index (κ1) is 24.3. The molecule has 36 heavy (non-hydrogen) atoms. The average molecular weight is 483 g/mol. The average Bonchev–Trinajstić information content (AvgIpc) is 3.41. The molecule has 0 atom stereocenters. The standard InChI is InChI=1S/C28H26N4O4/c1-19-5-2-6-20(15-19)28(35)32-23-12-10-22(11-13-23)31-26(33)18-29-24-8-3-7-21(16-24)27(34)30-17-25-9-4-14-36-25/h2-16,29H,17-18H2,1H3,(H,30,34)(H,31,33)(H,32,35). The maximum atomic E-state index is 12.4. The lowest BCUT2D eigenvalue weighted by atomic mass is 10.1. The van der Waals surface area contributed by atoms with Gasteiger partial charge in [0.15, 0.2) is 0 Å². The topological polar surface area (TPSA) is 112 Å². The second-order valence-electron chi connectivity index (χ2n) is 8.15. The Kier molecular flexibility index (Phi) is 7.77. The van der Waals surface area contributed by atoms with Crippen LogP contribution >= 0.6 is 0 Å². The van der Waals surface area contributed by atoms with E-state index in [9.17, 15) is 14.4 Å². The summed E-state index contributed by atoms with van der Waals surface area (Å²) in [5, 5.41) is 11.5. The highest BCUT2D eigenvalue weighted by atomic mass is 16.3. The number of anilines is 3. The monoisotopic (exact) mass is 482 g/mol. The van der Waals surface area contributed by atoms with Crippen molar-refractivity contribution in [2.45, 2.75) is 13.5 Å². The number of furan rings is 1. The van der Waals surface area contributed by atoms with Gasteiger partial charge in [-0.25, -0.2) is 0 Å². The van der Waals surface area contributed by atoms with E-state index in [-0.39, 0.29) is 24.3 Å². The van der Waals surface area contributed by atoms with Crippen LogP contribution in [0.5, 0.6) is 0 Å². The van der Waals surface area contributed by atoms with Crippen LogP contribution in [0, 0.1) is 6.92 Å². The van der Waals surface area contributed by atoms with Crippen molar-refractivity contribution in [1.82, 2.24) is 5.32 Å².